The maximum Gasteiger partial charge on any atom is 0.312 e. The van der Waals surface area contributed by atoms with Crippen molar-refractivity contribution < 1.29 is 19.4 Å². The van der Waals surface area contributed by atoms with E-state index in [4.69, 9.17) is 9.47 Å². The van der Waals surface area contributed by atoms with Gasteiger partial charge in [-0.1, -0.05) is 5.57 Å². The summed E-state index contributed by atoms with van der Waals surface area (Å²) in [6.07, 6.45) is 1.80. The van der Waals surface area contributed by atoms with E-state index in [1.54, 1.807) is 0 Å². The van der Waals surface area contributed by atoms with Gasteiger partial charge in [0.2, 0.25) is 0 Å². The van der Waals surface area contributed by atoms with Gasteiger partial charge in [-0.25, -0.2) is 0 Å². The van der Waals surface area contributed by atoms with E-state index in [9.17, 15) is 9.90 Å². The van der Waals surface area contributed by atoms with E-state index in [1.807, 2.05) is 13.8 Å². The van der Waals surface area contributed by atoms with Crippen LogP contribution in [0.25, 0.3) is 0 Å². The van der Waals surface area contributed by atoms with Gasteiger partial charge in [-0.3, -0.25) is 4.79 Å². The first-order valence-electron chi connectivity index (χ1n) is 7.16. The molecular formula is C15H20O4. The van der Waals surface area contributed by atoms with E-state index in [0.717, 1.165) is 24.8 Å². The van der Waals surface area contributed by atoms with Crippen molar-refractivity contribution in [2.75, 3.05) is 0 Å². The van der Waals surface area contributed by atoms with Crippen molar-refractivity contribution in [2.24, 2.45) is 11.8 Å². The molecule has 0 amide bonds. The van der Waals surface area contributed by atoms with Gasteiger partial charge in [0.1, 0.15) is 11.7 Å². The third-order valence-corrected chi connectivity index (χ3v) is 5.99. The predicted molar refractivity (Wildman–Crippen MR) is 67.3 cm³/mol. The second-order valence-corrected chi connectivity index (χ2v) is 6.91. The second-order valence-electron chi connectivity index (χ2n) is 6.91. The lowest BCUT2D eigenvalue weighted by molar-refractivity contribution is -0.161. The number of hydrogen-bond donors (Lipinski definition) is 1. The fourth-order valence-corrected chi connectivity index (χ4v) is 4.76. The molecule has 0 radical (unpaired) electrons. The van der Waals surface area contributed by atoms with Crippen LogP contribution < -0.4 is 0 Å². The summed E-state index contributed by atoms with van der Waals surface area (Å²) >= 11 is 0. The van der Waals surface area contributed by atoms with E-state index in [2.05, 4.69) is 6.92 Å². The summed E-state index contributed by atoms with van der Waals surface area (Å²) in [6, 6.07) is 0. The lowest BCUT2D eigenvalue weighted by atomic mass is 9.77. The zero-order chi connectivity index (χ0) is 13.6. The van der Waals surface area contributed by atoms with Crippen LogP contribution >= 0.6 is 0 Å². The molecule has 6 unspecified atom stereocenters. The Labute approximate surface area is 112 Å². The highest BCUT2D eigenvalue weighted by Gasteiger charge is 2.70. The number of fused-ring (bicyclic) bond motifs is 3. The predicted octanol–water partition coefficient (Wildman–Crippen LogP) is 1.57. The molecule has 19 heavy (non-hydrogen) atoms. The van der Waals surface area contributed by atoms with Gasteiger partial charge in [-0.15, -0.1) is 0 Å². The summed E-state index contributed by atoms with van der Waals surface area (Å²) < 4.78 is 11.9. The van der Waals surface area contributed by atoms with Gasteiger partial charge in [-0.05, 0) is 32.8 Å². The average molecular weight is 264 g/mol. The van der Waals surface area contributed by atoms with Crippen molar-refractivity contribution in [3.63, 3.8) is 0 Å². The first-order valence-corrected chi connectivity index (χ1v) is 7.16. The molecule has 1 N–H and O–H groups in total. The molecule has 104 valence electrons. The summed E-state index contributed by atoms with van der Waals surface area (Å²) in [5.41, 5.74) is 1.63. The molecule has 4 aliphatic rings. The highest BCUT2D eigenvalue weighted by molar-refractivity contribution is 5.77. The summed E-state index contributed by atoms with van der Waals surface area (Å²) in [4.78, 5) is 11.9. The number of aliphatic hydroxyl groups excluding tert-OH is 1. The number of rotatable bonds is 0. The lowest BCUT2D eigenvalue weighted by Gasteiger charge is -2.44. The lowest BCUT2D eigenvalue weighted by Crippen LogP contribution is -2.49. The van der Waals surface area contributed by atoms with Gasteiger partial charge in [0.15, 0.2) is 0 Å². The first-order chi connectivity index (χ1) is 8.87. The molecule has 1 aliphatic carbocycles. The number of esters is 1. The molecule has 3 saturated heterocycles. The summed E-state index contributed by atoms with van der Waals surface area (Å²) in [5.74, 6) is -0.0646. The van der Waals surface area contributed by atoms with Crippen molar-refractivity contribution >= 4 is 5.97 Å². The van der Waals surface area contributed by atoms with Gasteiger partial charge in [0.05, 0.1) is 17.6 Å². The van der Waals surface area contributed by atoms with Crippen LogP contribution in [0.5, 0.6) is 0 Å². The van der Waals surface area contributed by atoms with Crippen LogP contribution in [0.1, 0.15) is 40.0 Å². The molecular weight excluding hydrogens is 244 g/mol. The SMILES string of the molecule is CC1=C2CC34OC(C)(CC3OC(=O)C4C)C2CC1O. The molecule has 0 saturated carbocycles. The number of carbonyl (C=O) groups excluding carboxylic acids is 1. The summed E-state index contributed by atoms with van der Waals surface area (Å²) in [7, 11) is 0. The molecule has 1 spiro atoms. The van der Waals surface area contributed by atoms with E-state index in [1.165, 1.54) is 5.57 Å². The van der Waals surface area contributed by atoms with Gasteiger partial charge >= 0.3 is 5.97 Å². The topological polar surface area (TPSA) is 55.8 Å². The smallest absolute Gasteiger partial charge is 0.312 e. The van der Waals surface area contributed by atoms with Crippen molar-refractivity contribution in [1.29, 1.82) is 0 Å². The molecule has 0 aromatic heterocycles. The monoisotopic (exact) mass is 264 g/mol. The zero-order valence-electron chi connectivity index (χ0n) is 11.6. The Morgan fingerprint density at radius 1 is 1.42 bits per heavy atom. The van der Waals surface area contributed by atoms with Crippen molar-refractivity contribution in [3.8, 4) is 0 Å². The molecule has 4 heteroatoms. The van der Waals surface area contributed by atoms with Gasteiger partial charge in [0.25, 0.3) is 0 Å². The van der Waals surface area contributed by atoms with E-state index in [0.29, 0.717) is 0 Å². The Bertz CT molecular complexity index is 510. The minimum atomic E-state index is -0.483. The molecule has 2 bridgehead atoms. The minimum Gasteiger partial charge on any atom is -0.459 e. The normalized spacial score (nSPS) is 55.3. The number of ether oxygens (including phenoxy) is 2. The molecule has 6 atom stereocenters. The van der Waals surface area contributed by atoms with Crippen LogP contribution in [0, 0.1) is 11.8 Å². The average Bonchev–Trinajstić information content (AvgIpc) is 2.84. The van der Waals surface area contributed by atoms with Crippen LogP contribution in [-0.2, 0) is 14.3 Å². The maximum atomic E-state index is 11.9. The maximum absolute atomic E-state index is 11.9. The van der Waals surface area contributed by atoms with E-state index >= 15 is 0 Å². The number of carbonyl (C=O) groups is 1. The van der Waals surface area contributed by atoms with Gasteiger partial charge in [-0.2, -0.15) is 0 Å². The quantitative estimate of drug-likeness (QED) is 0.533. The third kappa shape index (κ3) is 1.20. The van der Waals surface area contributed by atoms with Crippen LogP contribution in [0.3, 0.4) is 0 Å². The van der Waals surface area contributed by atoms with Crippen molar-refractivity contribution in [2.45, 2.75) is 63.4 Å². The Balaban J connectivity index is 1.84. The first kappa shape index (κ1) is 11.9. The Kier molecular flexibility index (Phi) is 2.03. The molecule has 3 heterocycles. The van der Waals surface area contributed by atoms with Crippen LogP contribution in [0.2, 0.25) is 0 Å². The second kappa shape index (κ2) is 3.23. The molecule has 0 aromatic rings. The number of hydrogen-bond acceptors (Lipinski definition) is 4. The van der Waals surface area contributed by atoms with E-state index in [-0.39, 0.29) is 35.6 Å². The van der Waals surface area contributed by atoms with Crippen LogP contribution in [0.15, 0.2) is 11.1 Å². The molecule has 3 aliphatic heterocycles. The molecule has 4 nitrogen and oxygen atoms in total. The highest BCUT2D eigenvalue weighted by Crippen LogP contribution is 2.62. The van der Waals surface area contributed by atoms with Gasteiger partial charge < -0.3 is 14.6 Å². The Morgan fingerprint density at radius 2 is 2.16 bits per heavy atom. The number of aliphatic hydroxyl groups is 1. The minimum absolute atomic E-state index is 0.108. The van der Waals surface area contributed by atoms with Crippen LogP contribution in [0.4, 0.5) is 0 Å². The largest absolute Gasteiger partial charge is 0.459 e. The summed E-state index contributed by atoms with van der Waals surface area (Å²) in [5, 5.41) is 10.1. The standard InChI is InChI=1S/C15H20O4/c1-7-9-5-15-8(2)13(17)18-12(15)6-14(3,19-15)10(9)4-11(7)16/h8,10-12,16H,4-6H2,1-3H3. The Hall–Kier alpha value is -0.870. The van der Waals surface area contributed by atoms with Crippen molar-refractivity contribution in [3.05, 3.63) is 11.1 Å². The van der Waals surface area contributed by atoms with Crippen LogP contribution in [-0.4, -0.2) is 34.5 Å². The zero-order valence-corrected chi connectivity index (χ0v) is 11.6. The highest BCUT2D eigenvalue weighted by atomic mass is 16.6. The molecule has 4 rings (SSSR count). The summed E-state index contributed by atoms with van der Waals surface area (Å²) in [6.45, 7) is 6.04. The fourth-order valence-electron chi connectivity index (χ4n) is 4.76. The molecule has 3 fully saturated rings. The van der Waals surface area contributed by atoms with Gasteiger partial charge in [0, 0.05) is 18.8 Å². The third-order valence-electron chi connectivity index (χ3n) is 5.99. The van der Waals surface area contributed by atoms with Crippen molar-refractivity contribution in [1.82, 2.24) is 0 Å². The molecule has 0 aromatic carbocycles. The van der Waals surface area contributed by atoms with E-state index < -0.39 is 5.60 Å². The fraction of sp³-hybridized carbons (Fsp3) is 0.800. The Morgan fingerprint density at radius 3 is 2.89 bits per heavy atom.